The van der Waals surface area contributed by atoms with Crippen LogP contribution in [0.5, 0.6) is 11.5 Å². The van der Waals surface area contributed by atoms with Crippen molar-refractivity contribution in [2.75, 3.05) is 13.2 Å². The summed E-state index contributed by atoms with van der Waals surface area (Å²) in [5, 5.41) is 0.727. The van der Waals surface area contributed by atoms with E-state index in [0.717, 1.165) is 41.3 Å². The largest absolute Gasteiger partial charge is 0.489 e. The number of rotatable bonds is 10. The maximum atomic E-state index is 6.12. The van der Waals surface area contributed by atoms with E-state index >= 15 is 0 Å². The molecule has 0 fully saturated rings. The summed E-state index contributed by atoms with van der Waals surface area (Å²) in [4.78, 5) is 0. The normalized spacial score (nSPS) is 10.2. The van der Waals surface area contributed by atoms with Gasteiger partial charge in [-0.25, -0.2) is 0 Å². The van der Waals surface area contributed by atoms with Crippen molar-refractivity contribution >= 4 is 11.6 Å². The lowest BCUT2D eigenvalue weighted by atomic mass is 10.0. The molecule has 2 aromatic rings. The van der Waals surface area contributed by atoms with Gasteiger partial charge in [0, 0.05) is 5.02 Å². The number of hydrogen-bond donors (Lipinski definition) is 0. The van der Waals surface area contributed by atoms with Gasteiger partial charge in [0.25, 0.3) is 0 Å². The lowest BCUT2D eigenvalue weighted by Gasteiger charge is -2.12. The van der Waals surface area contributed by atoms with E-state index in [4.69, 9.17) is 21.1 Å². The molecule has 0 spiro atoms. The highest BCUT2D eigenvalue weighted by Crippen LogP contribution is 2.26. The molecule has 0 heterocycles. The van der Waals surface area contributed by atoms with E-state index < -0.39 is 0 Å². The summed E-state index contributed by atoms with van der Waals surface area (Å²) in [6.07, 6.45) is 6.31. The van der Waals surface area contributed by atoms with Crippen LogP contribution in [0.3, 0.4) is 0 Å². The predicted octanol–water partition coefficient (Wildman–Crippen LogP) is 5.64. The van der Waals surface area contributed by atoms with Gasteiger partial charge in [0.1, 0.15) is 24.7 Å². The fraction of sp³-hybridized carbons (Fsp3) is 0.238. The number of hydrogen-bond acceptors (Lipinski definition) is 2. The van der Waals surface area contributed by atoms with Crippen molar-refractivity contribution in [1.29, 1.82) is 0 Å². The molecule has 0 radical (unpaired) electrons. The van der Waals surface area contributed by atoms with Crippen LogP contribution in [0.4, 0.5) is 0 Å². The van der Waals surface area contributed by atoms with E-state index in [0.29, 0.717) is 13.2 Å². The molecule has 0 saturated carbocycles. The van der Waals surface area contributed by atoms with Gasteiger partial charge in [-0.15, -0.1) is 0 Å². The average molecular weight is 343 g/mol. The Balaban J connectivity index is 2.00. The number of para-hydroxylation sites is 1. The molecule has 0 atom stereocenters. The van der Waals surface area contributed by atoms with Gasteiger partial charge >= 0.3 is 0 Å². The molecule has 0 aliphatic heterocycles. The van der Waals surface area contributed by atoms with Crippen molar-refractivity contribution in [2.45, 2.75) is 19.3 Å². The van der Waals surface area contributed by atoms with E-state index in [1.54, 1.807) is 12.2 Å². The first kappa shape index (κ1) is 18.2. The predicted molar refractivity (Wildman–Crippen MR) is 101 cm³/mol. The van der Waals surface area contributed by atoms with Crippen molar-refractivity contribution in [1.82, 2.24) is 0 Å². The zero-order chi connectivity index (χ0) is 17.2. The van der Waals surface area contributed by atoms with E-state index in [-0.39, 0.29) is 0 Å². The molecule has 0 unspecified atom stereocenters. The molecule has 0 saturated heterocycles. The Morgan fingerprint density at radius 2 is 1.46 bits per heavy atom. The molecule has 0 amide bonds. The third kappa shape index (κ3) is 5.47. The molecule has 24 heavy (non-hydrogen) atoms. The van der Waals surface area contributed by atoms with Crippen LogP contribution < -0.4 is 9.47 Å². The minimum absolute atomic E-state index is 0.493. The number of halogens is 1. The maximum absolute atomic E-state index is 6.12. The first-order valence-electron chi connectivity index (χ1n) is 8.08. The molecule has 2 aromatic carbocycles. The Hall–Kier alpha value is -2.19. The standard InChI is InChI=1S/C21H23ClO2/c1-3-14-23-20-11-6-5-8-17(20)9-7-10-18-16-19(22)12-13-21(18)24-15-4-2/h3-6,8,11-13,16H,1-2,7,9-10,14-15H2. The molecule has 0 N–H and O–H groups in total. The van der Waals surface area contributed by atoms with Gasteiger partial charge in [0.05, 0.1) is 0 Å². The van der Waals surface area contributed by atoms with Crippen LogP contribution in [0.15, 0.2) is 67.8 Å². The topological polar surface area (TPSA) is 18.5 Å². The molecular weight excluding hydrogens is 320 g/mol. The monoisotopic (exact) mass is 342 g/mol. The highest BCUT2D eigenvalue weighted by molar-refractivity contribution is 6.30. The molecule has 0 bridgehead atoms. The summed E-state index contributed by atoms with van der Waals surface area (Å²) in [7, 11) is 0. The SMILES string of the molecule is C=CCOc1ccccc1CCCc1cc(Cl)ccc1OCC=C. The molecule has 0 aliphatic carbocycles. The molecule has 2 nitrogen and oxygen atoms in total. The van der Waals surface area contributed by atoms with Crippen LogP contribution in [-0.2, 0) is 12.8 Å². The summed E-state index contributed by atoms with van der Waals surface area (Å²) in [6.45, 7) is 8.39. The Morgan fingerprint density at radius 3 is 2.17 bits per heavy atom. The number of aryl methyl sites for hydroxylation is 2. The van der Waals surface area contributed by atoms with Crippen LogP contribution >= 0.6 is 11.6 Å². The fourth-order valence-electron chi connectivity index (χ4n) is 2.50. The van der Waals surface area contributed by atoms with Gasteiger partial charge < -0.3 is 9.47 Å². The van der Waals surface area contributed by atoms with Gasteiger partial charge in [-0.1, -0.05) is 55.1 Å². The van der Waals surface area contributed by atoms with Gasteiger partial charge in [0.15, 0.2) is 0 Å². The second-order valence-corrected chi connectivity index (χ2v) is 5.85. The Bertz CT molecular complexity index is 679. The Kier molecular flexibility index (Phi) is 7.44. The van der Waals surface area contributed by atoms with Gasteiger partial charge in [-0.05, 0) is 54.7 Å². The highest BCUT2D eigenvalue weighted by atomic mass is 35.5. The summed E-state index contributed by atoms with van der Waals surface area (Å²) in [5.74, 6) is 1.79. The van der Waals surface area contributed by atoms with Crippen molar-refractivity contribution in [2.24, 2.45) is 0 Å². The van der Waals surface area contributed by atoms with Gasteiger partial charge in [0.2, 0.25) is 0 Å². The van der Waals surface area contributed by atoms with Crippen molar-refractivity contribution in [3.63, 3.8) is 0 Å². The van der Waals surface area contributed by atoms with Crippen LogP contribution in [0.2, 0.25) is 5.02 Å². The quantitative estimate of drug-likeness (QED) is 0.520. The maximum Gasteiger partial charge on any atom is 0.123 e. The highest BCUT2D eigenvalue weighted by Gasteiger charge is 2.07. The van der Waals surface area contributed by atoms with Gasteiger partial charge in [-0.2, -0.15) is 0 Å². The lowest BCUT2D eigenvalue weighted by molar-refractivity contribution is 0.357. The second kappa shape index (κ2) is 9.84. The molecular formula is C21H23ClO2. The van der Waals surface area contributed by atoms with Crippen LogP contribution in [0.1, 0.15) is 17.5 Å². The molecule has 126 valence electrons. The zero-order valence-corrected chi connectivity index (χ0v) is 14.6. The van der Waals surface area contributed by atoms with Crippen molar-refractivity contribution < 1.29 is 9.47 Å². The van der Waals surface area contributed by atoms with E-state index in [9.17, 15) is 0 Å². The van der Waals surface area contributed by atoms with Crippen LogP contribution in [0, 0.1) is 0 Å². The van der Waals surface area contributed by atoms with E-state index in [1.807, 2.05) is 36.4 Å². The third-order valence-electron chi connectivity index (χ3n) is 3.60. The number of ether oxygens (including phenoxy) is 2. The smallest absolute Gasteiger partial charge is 0.123 e. The molecule has 3 heteroatoms. The molecule has 0 aromatic heterocycles. The first-order valence-corrected chi connectivity index (χ1v) is 8.46. The Labute approximate surface area is 149 Å². The summed E-state index contributed by atoms with van der Waals surface area (Å²) in [6, 6.07) is 13.9. The Morgan fingerprint density at radius 1 is 0.833 bits per heavy atom. The minimum Gasteiger partial charge on any atom is -0.489 e. The van der Waals surface area contributed by atoms with E-state index in [2.05, 4.69) is 19.2 Å². The average Bonchev–Trinajstić information content (AvgIpc) is 2.60. The van der Waals surface area contributed by atoms with E-state index in [1.165, 1.54) is 5.56 Å². The van der Waals surface area contributed by atoms with Crippen molar-refractivity contribution in [3.05, 3.63) is 83.9 Å². The first-order chi connectivity index (χ1) is 11.7. The fourth-order valence-corrected chi connectivity index (χ4v) is 2.70. The molecule has 0 aliphatic rings. The lowest BCUT2D eigenvalue weighted by Crippen LogP contribution is -2.00. The minimum atomic E-state index is 0.493. The summed E-state index contributed by atoms with van der Waals surface area (Å²) >= 11 is 6.12. The van der Waals surface area contributed by atoms with Crippen LogP contribution in [0.25, 0.3) is 0 Å². The van der Waals surface area contributed by atoms with Crippen molar-refractivity contribution in [3.8, 4) is 11.5 Å². The third-order valence-corrected chi connectivity index (χ3v) is 3.84. The zero-order valence-electron chi connectivity index (χ0n) is 13.8. The van der Waals surface area contributed by atoms with Crippen LogP contribution in [-0.4, -0.2) is 13.2 Å². The summed E-state index contributed by atoms with van der Waals surface area (Å²) < 4.78 is 11.4. The number of benzene rings is 2. The molecule has 2 rings (SSSR count). The summed E-state index contributed by atoms with van der Waals surface area (Å²) in [5.41, 5.74) is 2.32. The van der Waals surface area contributed by atoms with Gasteiger partial charge in [-0.3, -0.25) is 0 Å². The second-order valence-electron chi connectivity index (χ2n) is 5.41.